The van der Waals surface area contributed by atoms with Crippen molar-refractivity contribution in [1.82, 2.24) is 4.31 Å². The van der Waals surface area contributed by atoms with Crippen LogP contribution in [0.4, 0.5) is 0 Å². The first kappa shape index (κ1) is 21.5. The molecule has 0 radical (unpaired) electrons. The van der Waals surface area contributed by atoms with Crippen molar-refractivity contribution in [3.05, 3.63) is 90.0 Å². The van der Waals surface area contributed by atoms with E-state index in [0.29, 0.717) is 35.8 Å². The summed E-state index contributed by atoms with van der Waals surface area (Å²) >= 11 is 0. The first-order valence-corrected chi connectivity index (χ1v) is 10.8. The summed E-state index contributed by atoms with van der Waals surface area (Å²) in [6.07, 6.45) is 0. The van der Waals surface area contributed by atoms with E-state index in [2.05, 4.69) is 0 Å². The van der Waals surface area contributed by atoms with Gasteiger partial charge in [0.1, 0.15) is 24.7 Å². The second-order valence-electron chi connectivity index (χ2n) is 6.68. The average Bonchev–Trinajstić information content (AvgIpc) is 2.77. The highest BCUT2D eigenvalue weighted by molar-refractivity contribution is 7.89. The topological polar surface area (TPSA) is 72.9 Å². The smallest absolute Gasteiger partial charge is 0.242 e. The SMILES string of the molecule is CN(C)S(=O)(=O)c1ccc(OCCOc2ccc(C(=O)c3ccccc3)cc2)cc1. The monoisotopic (exact) mass is 425 g/mol. The van der Waals surface area contributed by atoms with E-state index in [4.69, 9.17) is 9.47 Å². The largest absolute Gasteiger partial charge is 0.490 e. The van der Waals surface area contributed by atoms with Gasteiger partial charge in [-0.2, -0.15) is 0 Å². The predicted octanol–water partition coefficient (Wildman–Crippen LogP) is 3.63. The van der Waals surface area contributed by atoms with Gasteiger partial charge in [-0.05, 0) is 48.5 Å². The maximum Gasteiger partial charge on any atom is 0.242 e. The highest BCUT2D eigenvalue weighted by Gasteiger charge is 2.16. The van der Waals surface area contributed by atoms with Crippen LogP contribution in [-0.4, -0.2) is 45.8 Å². The Morgan fingerprint density at radius 2 is 1.20 bits per heavy atom. The maximum absolute atomic E-state index is 12.4. The van der Waals surface area contributed by atoms with Gasteiger partial charge < -0.3 is 9.47 Å². The van der Waals surface area contributed by atoms with Crippen LogP contribution in [0.1, 0.15) is 15.9 Å². The zero-order valence-electron chi connectivity index (χ0n) is 16.8. The zero-order chi connectivity index (χ0) is 21.6. The van der Waals surface area contributed by atoms with Crippen molar-refractivity contribution in [2.45, 2.75) is 4.90 Å². The van der Waals surface area contributed by atoms with Crippen LogP contribution in [0.15, 0.2) is 83.8 Å². The van der Waals surface area contributed by atoms with Gasteiger partial charge in [0.2, 0.25) is 10.0 Å². The molecule has 0 saturated carbocycles. The van der Waals surface area contributed by atoms with Gasteiger partial charge in [0.15, 0.2) is 5.78 Å². The molecule has 0 atom stereocenters. The van der Waals surface area contributed by atoms with E-state index in [1.165, 1.54) is 26.2 Å². The quantitative estimate of drug-likeness (QED) is 0.387. The third-order valence-corrected chi connectivity index (χ3v) is 6.20. The molecule has 0 aliphatic rings. The summed E-state index contributed by atoms with van der Waals surface area (Å²) in [5.41, 5.74) is 1.24. The number of carbonyl (C=O) groups excluding carboxylic acids is 1. The molecule has 3 aromatic carbocycles. The Morgan fingerprint density at radius 1 is 0.733 bits per heavy atom. The Labute approximate surface area is 176 Å². The second kappa shape index (κ2) is 9.56. The van der Waals surface area contributed by atoms with Crippen molar-refractivity contribution in [3.63, 3.8) is 0 Å². The molecule has 0 aliphatic heterocycles. The summed E-state index contributed by atoms with van der Waals surface area (Å²) in [6.45, 7) is 0.605. The molecule has 0 fully saturated rings. The molecule has 3 rings (SSSR count). The zero-order valence-corrected chi connectivity index (χ0v) is 17.6. The third-order valence-electron chi connectivity index (χ3n) is 4.38. The summed E-state index contributed by atoms with van der Waals surface area (Å²) in [4.78, 5) is 12.6. The summed E-state index contributed by atoms with van der Waals surface area (Å²) < 4.78 is 36.5. The number of sulfonamides is 1. The van der Waals surface area contributed by atoms with Gasteiger partial charge in [-0.1, -0.05) is 30.3 Å². The van der Waals surface area contributed by atoms with Crippen LogP contribution in [0.3, 0.4) is 0 Å². The third kappa shape index (κ3) is 5.25. The predicted molar refractivity (Wildman–Crippen MR) is 115 cm³/mol. The van der Waals surface area contributed by atoms with Crippen molar-refractivity contribution in [2.24, 2.45) is 0 Å². The number of nitrogens with zero attached hydrogens (tertiary/aromatic N) is 1. The molecular formula is C23H23NO5S. The summed E-state index contributed by atoms with van der Waals surface area (Å²) in [5, 5.41) is 0. The van der Waals surface area contributed by atoms with Crippen LogP contribution in [-0.2, 0) is 10.0 Å². The molecule has 6 nitrogen and oxygen atoms in total. The number of rotatable bonds is 9. The number of ketones is 1. The average molecular weight is 426 g/mol. The number of ether oxygens (including phenoxy) is 2. The van der Waals surface area contributed by atoms with E-state index in [-0.39, 0.29) is 10.7 Å². The van der Waals surface area contributed by atoms with Gasteiger partial charge in [-0.25, -0.2) is 12.7 Å². The molecule has 0 aliphatic carbocycles. The minimum absolute atomic E-state index is 0.0368. The van der Waals surface area contributed by atoms with Crippen molar-refractivity contribution >= 4 is 15.8 Å². The van der Waals surface area contributed by atoms with Crippen LogP contribution in [0.2, 0.25) is 0 Å². The molecule has 0 heterocycles. The molecule has 0 unspecified atom stereocenters. The van der Waals surface area contributed by atoms with E-state index in [9.17, 15) is 13.2 Å². The Morgan fingerprint density at radius 3 is 1.70 bits per heavy atom. The molecule has 156 valence electrons. The van der Waals surface area contributed by atoms with Crippen molar-refractivity contribution in [1.29, 1.82) is 0 Å². The first-order chi connectivity index (χ1) is 14.4. The lowest BCUT2D eigenvalue weighted by Gasteiger charge is -2.12. The Hall–Kier alpha value is -3.16. The summed E-state index contributed by atoms with van der Waals surface area (Å²) in [5.74, 6) is 1.15. The van der Waals surface area contributed by atoms with Gasteiger partial charge in [-0.3, -0.25) is 4.79 Å². The lowest BCUT2D eigenvalue weighted by Crippen LogP contribution is -2.22. The highest BCUT2D eigenvalue weighted by Crippen LogP contribution is 2.19. The summed E-state index contributed by atoms with van der Waals surface area (Å²) in [6, 6.07) is 22.3. The number of carbonyl (C=O) groups is 1. The molecule has 30 heavy (non-hydrogen) atoms. The lowest BCUT2D eigenvalue weighted by molar-refractivity contribution is 0.103. The molecular weight excluding hydrogens is 402 g/mol. The van der Waals surface area contributed by atoms with E-state index in [1.807, 2.05) is 18.2 Å². The van der Waals surface area contributed by atoms with Gasteiger partial charge in [0.25, 0.3) is 0 Å². The molecule has 0 bridgehead atoms. The molecule has 0 amide bonds. The fraction of sp³-hybridized carbons (Fsp3) is 0.174. The van der Waals surface area contributed by atoms with Crippen molar-refractivity contribution in [3.8, 4) is 11.5 Å². The fourth-order valence-electron chi connectivity index (χ4n) is 2.70. The Bertz CT molecular complexity index is 1080. The minimum atomic E-state index is -3.45. The number of hydrogen-bond acceptors (Lipinski definition) is 5. The molecule has 0 aromatic heterocycles. The normalized spacial score (nSPS) is 11.3. The molecule has 3 aromatic rings. The van der Waals surface area contributed by atoms with E-state index in [1.54, 1.807) is 48.5 Å². The molecule has 0 spiro atoms. The van der Waals surface area contributed by atoms with Crippen LogP contribution in [0.5, 0.6) is 11.5 Å². The maximum atomic E-state index is 12.4. The first-order valence-electron chi connectivity index (χ1n) is 9.36. The van der Waals surface area contributed by atoms with Crippen molar-refractivity contribution in [2.75, 3.05) is 27.3 Å². The van der Waals surface area contributed by atoms with Crippen LogP contribution in [0.25, 0.3) is 0 Å². The van der Waals surface area contributed by atoms with Crippen LogP contribution < -0.4 is 9.47 Å². The lowest BCUT2D eigenvalue weighted by atomic mass is 10.0. The minimum Gasteiger partial charge on any atom is -0.490 e. The fourth-order valence-corrected chi connectivity index (χ4v) is 3.60. The van der Waals surface area contributed by atoms with E-state index < -0.39 is 10.0 Å². The second-order valence-corrected chi connectivity index (χ2v) is 8.83. The van der Waals surface area contributed by atoms with Gasteiger partial charge in [-0.15, -0.1) is 0 Å². The van der Waals surface area contributed by atoms with Crippen molar-refractivity contribution < 1.29 is 22.7 Å². The molecule has 0 N–H and O–H groups in total. The van der Waals surface area contributed by atoms with Gasteiger partial charge >= 0.3 is 0 Å². The highest BCUT2D eigenvalue weighted by atomic mass is 32.2. The Balaban J connectivity index is 1.48. The molecule has 0 saturated heterocycles. The summed E-state index contributed by atoms with van der Waals surface area (Å²) in [7, 11) is -0.479. The van der Waals surface area contributed by atoms with Crippen LogP contribution >= 0.6 is 0 Å². The standard InChI is InChI=1S/C23H23NO5S/c1-24(2)30(26,27)22-14-12-21(13-15-22)29-17-16-28-20-10-8-19(9-11-20)23(25)18-6-4-3-5-7-18/h3-15H,16-17H2,1-2H3. The van der Waals surface area contributed by atoms with E-state index >= 15 is 0 Å². The number of benzene rings is 3. The molecule has 7 heteroatoms. The number of hydrogen-bond donors (Lipinski definition) is 0. The van der Waals surface area contributed by atoms with Crippen LogP contribution in [0, 0.1) is 0 Å². The Kier molecular flexibility index (Phi) is 6.87. The van der Waals surface area contributed by atoms with Gasteiger partial charge in [0, 0.05) is 25.2 Å². The van der Waals surface area contributed by atoms with Gasteiger partial charge in [0.05, 0.1) is 4.90 Å². The van der Waals surface area contributed by atoms with E-state index in [0.717, 1.165) is 4.31 Å².